The maximum absolute atomic E-state index is 3.60. The molecule has 1 aliphatic rings. The number of rotatable bonds is 0. The molecule has 1 N–H and O–H groups in total. The van der Waals surface area contributed by atoms with E-state index in [0.29, 0.717) is 0 Å². The van der Waals surface area contributed by atoms with E-state index < -0.39 is 0 Å². The first-order valence-electron chi connectivity index (χ1n) is 5.94. The SMILES string of the molecule is c1ccc2c(c1)[nH]c1c3c(sc12)CCCC3. The summed E-state index contributed by atoms with van der Waals surface area (Å²) >= 11 is 2.00. The molecule has 0 radical (unpaired) electrons. The average molecular weight is 227 g/mol. The third-order valence-corrected chi connectivity index (χ3v) is 4.93. The van der Waals surface area contributed by atoms with Crippen molar-refractivity contribution in [2.75, 3.05) is 0 Å². The Morgan fingerprint density at radius 3 is 2.94 bits per heavy atom. The molecule has 0 aliphatic heterocycles. The van der Waals surface area contributed by atoms with E-state index in [4.69, 9.17) is 0 Å². The zero-order valence-corrected chi connectivity index (χ0v) is 9.86. The maximum atomic E-state index is 3.60. The number of aryl methyl sites for hydroxylation is 2. The molecular weight excluding hydrogens is 214 g/mol. The highest BCUT2D eigenvalue weighted by Gasteiger charge is 2.18. The minimum absolute atomic E-state index is 1.27. The number of fused-ring (bicyclic) bond motifs is 5. The molecule has 0 fully saturated rings. The first kappa shape index (κ1) is 8.82. The maximum Gasteiger partial charge on any atom is 0.0609 e. The Kier molecular flexibility index (Phi) is 1.71. The van der Waals surface area contributed by atoms with E-state index in [-0.39, 0.29) is 0 Å². The Morgan fingerprint density at radius 2 is 1.94 bits per heavy atom. The van der Waals surface area contributed by atoms with Crippen molar-refractivity contribution in [2.24, 2.45) is 0 Å². The van der Waals surface area contributed by atoms with Crippen LogP contribution in [0.4, 0.5) is 0 Å². The van der Waals surface area contributed by atoms with Crippen LogP contribution in [0.2, 0.25) is 0 Å². The lowest BCUT2D eigenvalue weighted by atomic mass is 9.98. The van der Waals surface area contributed by atoms with Gasteiger partial charge >= 0.3 is 0 Å². The van der Waals surface area contributed by atoms with Crippen molar-refractivity contribution in [1.82, 2.24) is 4.98 Å². The highest BCUT2D eigenvalue weighted by molar-refractivity contribution is 7.20. The summed E-state index contributed by atoms with van der Waals surface area (Å²) in [5.41, 5.74) is 4.31. The molecule has 0 atom stereocenters. The number of thiophene rings is 1. The first-order chi connectivity index (χ1) is 7.93. The van der Waals surface area contributed by atoms with E-state index in [1.807, 2.05) is 11.3 Å². The van der Waals surface area contributed by atoms with Gasteiger partial charge in [-0.15, -0.1) is 11.3 Å². The van der Waals surface area contributed by atoms with Crippen LogP contribution in [0, 0.1) is 0 Å². The van der Waals surface area contributed by atoms with Crippen LogP contribution in [-0.2, 0) is 12.8 Å². The highest BCUT2D eigenvalue weighted by Crippen LogP contribution is 2.39. The summed E-state index contributed by atoms with van der Waals surface area (Å²) in [4.78, 5) is 5.22. The van der Waals surface area contributed by atoms with E-state index >= 15 is 0 Å². The van der Waals surface area contributed by atoms with Crippen molar-refractivity contribution >= 4 is 32.5 Å². The Morgan fingerprint density at radius 1 is 1.06 bits per heavy atom. The molecule has 4 rings (SSSR count). The highest BCUT2D eigenvalue weighted by atomic mass is 32.1. The van der Waals surface area contributed by atoms with Crippen LogP contribution < -0.4 is 0 Å². The average Bonchev–Trinajstić information content (AvgIpc) is 2.85. The monoisotopic (exact) mass is 227 g/mol. The minimum Gasteiger partial charge on any atom is -0.354 e. The summed E-state index contributed by atoms with van der Waals surface area (Å²) in [5, 5.41) is 1.40. The number of hydrogen-bond acceptors (Lipinski definition) is 1. The fourth-order valence-electron chi connectivity index (χ4n) is 2.81. The Balaban J connectivity index is 2.16. The first-order valence-corrected chi connectivity index (χ1v) is 6.76. The molecule has 80 valence electrons. The van der Waals surface area contributed by atoms with Gasteiger partial charge in [0.2, 0.25) is 0 Å². The Bertz CT molecular complexity index is 674. The zero-order chi connectivity index (χ0) is 10.5. The van der Waals surface area contributed by atoms with E-state index in [0.717, 1.165) is 0 Å². The van der Waals surface area contributed by atoms with Gasteiger partial charge in [-0.1, -0.05) is 18.2 Å². The fourth-order valence-corrected chi connectivity index (χ4v) is 4.20. The summed E-state index contributed by atoms with van der Waals surface area (Å²) < 4.78 is 1.47. The van der Waals surface area contributed by atoms with Gasteiger partial charge in [-0.25, -0.2) is 0 Å². The van der Waals surface area contributed by atoms with Crippen LogP contribution in [0.15, 0.2) is 24.3 Å². The normalized spacial score (nSPS) is 15.8. The number of hydrogen-bond donors (Lipinski definition) is 1. The van der Waals surface area contributed by atoms with Crippen molar-refractivity contribution < 1.29 is 0 Å². The second-order valence-electron chi connectivity index (χ2n) is 4.59. The molecule has 0 bridgehead atoms. The lowest BCUT2D eigenvalue weighted by molar-refractivity contribution is 0.699. The number of benzene rings is 1. The van der Waals surface area contributed by atoms with Gasteiger partial charge in [0, 0.05) is 15.8 Å². The molecule has 0 saturated heterocycles. The van der Waals surface area contributed by atoms with Gasteiger partial charge in [0.15, 0.2) is 0 Å². The summed E-state index contributed by atoms with van der Waals surface area (Å²) in [6, 6.07) is 8.65. The number of nitrogens with one attached hydrogen (secondary N) is 1. The Hall–Kier alpha value is -1.28. The summed E-state index contributed by atoms with van der Waals surface area (Å²) in [5.74, 6) is 0. The number of aromatic nitrogens is 1. The summed E-state index contributed by atoms with van der Waals surface area (Å²) in [6.45, 7) is 0. The van der Waals surface area contributed by atoms with Crippen LogP contribution in [0.5, 0.6) is 0 Å². The smallest absolute Gasteiger partial charge is 0.0609 e. The fraction of sp³-hybridized carbons (Fsp3) is 0.286. The molecule has 16 heavy (non-hydrogen) atoms. The number of para-hydroxylation sites is 1. The van der Waals surface area contributed by atoms with E-state index in [9.17, 15) is 0 Å². The van der Waals surface area contributed by atoms with Gasteiger partial charge in [0.05, 0.1) is 10.2 Å². The molecule has 0 unspecified atom stereocenters. The second kappa shape index (κ2) is 3.11. The van der Waals surface area contributed by atoms with Gasteiger partial charge in [-0.2, -0.15) is 0 Å². The third-order valence-electron chi connectivity index (χ3n) is 3.60. The molecule has 0 amide bonds. The van der Waals surface area contributed by atoms with Crippen LogP contribution in [0.1, 0.15) is 23.3 Å². The van der Waals surface area contributed by atoms with Crippen LogP contribution in [-0.4, -0.2) is 4.98 Å². The van der Waals surface area contributed by atoms with Crippen molar-refractivity contribution in [3.63, 3.8) is 0 Å². The molecule has 0 spiro atoms. The lowest BCUT2D eigenvalue weighted by Gasteiger charge is -2.09. The molecule has 0 saturated carbocycles. The zero-order valence-electron chi connectivity index (χ0n) is 9.05. The Labute approximate surface area is 98.1 Å². The number of H-pyrrole nitrogens is 1. The minimum atomic E-state index is 1.27. The van der Waals surface area contributed by atoms with Crippen LogP contribution in [0.3, 0.4) is 0 Å². The van der Waals surface area contributed by atoms with Gasteiger partial charge in [0.1, 0.15) is 0 Å². The predicted octanol–water partition coefficient (Wildman–Crippen LogP) is 4.26. The van der Waals surface area contributed by atoms with E-state index in [1.165, 1.54) is 46.8 Å². The van der Waals surface area contributed by atoms with Crippen molar-refractivity contribution in [1.29, 1.82) is 0 Å². The molecule has 2 aromatic heterocycles. The molecule has 2 heterocycles. The van der Waals surface area contributed by atoms with Crippen molar-refractivity contribution in [3.8, 4) is 0 Å². The van der Waals surface area contributed by atoms with Crippen LogP contribution >= 0.6 is 11.3 Å². The summed E-state index contributed by atoms with van der Waals surface area (Å²) in [7, 11) is 0. The van der Waals surface area contributed by atoms with Crippen molar-refractivity contribution in [2.45, 2.75) is 25.7 Å². The molecular formula is C14H13NS. The summed E-state index contributed by atoms with van der Waals surface area (Å²) in [6.07, 6.45) is 5.28. The molecule has 2 heteroatoms. The van der Waals surface area contributed by atoms with Crippen LogP contribution in [0.25, 0.3) is 21.1 Å². The quantitative estimate of drug-likeness (QED) is 0.590. The molecule has 1 aromatic carbocycles. The lowest BCUT2D eigenvalue weighted by Crippen LogP contribution is -1.98. The van der Waals surface area contributed by atoms with Gasteiger partial charge < -0.3 is 4.98 Å². The standard InChI is InChI=1S/C14H13NS/c1-3-7-11-9(5-1)14-13(15-11)10-6-2-4-8-12(10)16-14/h1,3,5,7,15H,2,4,6,8H2. The molecule has 3 aromatic rings. The molecule has 1 nitrogen and oxygen atoms in total. The number of aromatic amines is 1. The second-order valence-corrected chi connectivity index (χ2v) is 5.69. The van der Waals surface area contributed by atoms with E-state index in [2.05, 4.69) is 29.2 Å². The van der Waals surface area contributed by atoms with Gasteiger partial charge in [-0.3, -0.25) is 0 Å². The third kappa shape index (κ3) is 1.05. The van der Waals surface area contributed by atoms with Crippen molar-refractivity contribution in [3.05, 3.63) is 34.7 Å². The topological polar surface area (TPSA) is 15.8 Å². The van der Waals surface area contributed by atoms with E-state index in [1.54, 1.807) is 10.4 Å². The molecule has 1 aliphatic carbocycles. The van der Waals surface area contributed by atoms with Gasteiger partial charge in [-0.05, 0) is 37.3 Å². The predicted molar refractivity (Wildman–Crippen MR) is 70.3 cm³/mol. The van der Waals surface area contributed by atoms with Gasteiger partial charge in [0.25, 0.3) is 0 Å². The largest absolute Gasteiger partial charge is 0.354 e.